The lowest BCUT2D eigenvalue weighted by atomic mass is 10.1. The van der Waals surface area contributed by atoms with E-state index in [2.05, 4.69) is 16.0 Å². The maximum absolute atomic E-state index is 12.4. The van der Waals surface area contributed by atoms with Crippen molar-refractivity contribution in [2.24, 2.45) is 0 Å². The third-order valence-electron chi connectivity index (χ3n) is 3.91. The second-order valence-electron chi connectivity index (χ2n) is 5.90. The zero-order valence-corrected chi connectivity index (χ0v) is 14.9. The van der Waals surface area contributed by atoms with Crippen molar-refractivity contribution in [3.63, 3.8) is 0 Å². The van der Waals surface area contributed by atoms with Gasteiger partial charge in [0, 0.05) is 11.4 Å². The molecule has 0 aliphatic rings. The van der Waals surface area contributed by atoms with Gasteiger partial charge >= 0.3 is 0 Å². The van der Waals surface area contributed by atoms with Crippen LogP contribution in [0.1, 0.15) is 21.7 Å². The number of carbonyl (C=O) groups excluding carboxylic acids is 2. The number of hydrogen-bond donors (Lipinski definition) is 3. The van der Waals surface area contributed by atoms with E-state index in [1.807, 2.05) is 6.07 Å². The highest BCUT2D eigenvalue weighted by Crippen LogP contribution is 2.15. The number of anilines is 2. The van der Waals surface area contributed by atoms with Crippen molar-refractivity contribution in [3.05, 3.63) is 83.8 Å². The van der Waals surface area contributed by atoms with Crippen LogP contribution in [0.4, 0.5) is 11.4 Å². The van der Waals surface area contributed by atoms with Gasteiger partial charge in [-0.15, -0.1) is 0 Å². The van der Waals surface area contributed by atoms with Gasteiger partial charge in [0.25, 0.3) is 5.91 Å². The summed E-state index contributed by atoms with van der Waals surface area (Å²) in [6, 6.07) is 19.1. The Morgan fingerprint density at radius 3 is 2.50 bits per heavy atom. The summed E-state index contributed by atoms with van der Waals surface area (Å²) in [4.78, 5) is 24.6. The lowest BCUT2D eigenvalue weighted by Crippen LogP contribution is -2.26. The Kier molecular flexibility index (Phi) is 6.06. The maximum Gasteiger partial charge on any atom is 0.253 e. The van der Waals surface area contributed by atoms with E-state index in [0.29, 0.717) is 28.3 Å². The molecule has 28 heavy (non-hydrogen) atoms. The molecule has 0 radical (unpaired) electrons. The number of amides is 2. The van der Waals surface area contributed by atoms with Gasteiger partial charge in [0.15, 0.2) is 0 Å². The molecule has 0 saturated carbocycles. The topological polar surface area (TPSA) is 107 Å². The minimum atomic E-state index is -0.271. The van der Waals surface area contributed by atoms with Crippen molar-refractivity contribution < 1.29 is 14.0 Å². The standard InChI is InChI=1S/C21H18N4O3/c22-12-15-7-9-16(10-8-15)25-20(26)14-23-19-6-2-1-5-18(19)21(27)24-13-17-4-3-11-28-17/h1-11,23H,13-14H2,(H,24,27)(H,25,26). The average Bonchev–Trinajstić information content (AvgIpc) is 3.25. The molecular weight excluding hydrogens is 356 g/mol. The molecule has 0 saturated heterocycles. The third kappa shape index (κ3) is 4.99. The van der Waals surface area contributed by atoms with E-state index in [1.54, 1.807) is 66.9 Å². The smallest absolute Gasteiger partial charge is 0.253 e. The van der Waals surface area contributed by atoms with Gasteiger partial charge in [-0.05, 0) is 48.5 Å². The first-order valence-electron chi connectivity index (χ1n) is 8.59. The summed E-state index contributed by atoms with van der Waals surface area (Å²) in [6.45, 7) is 0.266. The summed E-state index contributed by atoms with van der Waals surface area (Å²) in [5.74, 6) is 0.114. The highest BCUT2D eigenvalue weighted by Gasteiger charge is 2.12. The number of carbonyl (C=O) groups is 2. The molecule has 2 amide bonds. The van der Waals surface area contributed by atoms with E-state index in [-0.39, 0.29) is 24.9 Å². The summed E-state index contributed by atoms with van der Waals surface area (Å²) in [6.07, 6.45) is 1.55. The quantitative estimate of drug-likeness (QED) is 0.589. The minimum absolute atomic E-state index is 0.0114. The maximum atomic E-state index is 12.4. The molecule has 3 rings (SSSR count). The Morgan fingerprint density at radius 2 is 1.79 bits per heavy atom. The fourth-order valence-corrected chi connectivity index (χ4v) is 2.52. The van der Waals surface area contributed by atoms with E-state index in [4.69, 9.17) is 9.68 Å². The minimum Gasteiger partial charge on any atom is -0.467 e. The molecule has 0 aliphatic heterocycles. The molecule has 1 heterocycles. The highest BCUT2D eigenvalue weighted by molar-refractivity contribution is 6.00. The number of benzene rings is 2. The Morgan fingerprint density at radius 1 is 1.00 bits per heavy atom. The normalized spacial score (nSPS) is 9.96. The van der Waals surface area contributed by atoms with E-state index in [0.717, 1.165) is 0 Å². The number of nitriles is 1. The predicted molar refractivity (Wildman–Crippen MR) is 105 cm³/mol. The van der Waals surface area contributed by atoms with Gasteiger partial charge in [-0.2, -0.15) is 5.26 Å². The number of para-hydroxylation sites is 1. The first-order chi connectivity index (χ1) is 13.7. The van der Waals surface area contributed by atoms with Crippen LogP contribution < -0.4 is 16.0 Å². The first kappa shape index (κ1) is 18.7. The molecule has 7 nitrogen and oxygen atoms in total. The van der Waals surface area contributed by atoms with Crippen molar-refractivity contribution in [1.82, 2.24) is 5.32 Å². The van der Waals surface area contributed by atoms with Crippen LogP contribution in [0.15, 0.2) is 71.3 Å². The zero-order chi connectivity index (χ0) is 19.8. The van der Waals surface area contributed by atoms with Crippen molar-refractivity contribution >= 4 is 23.2 Å². The molecule has 2 aromatic carbocycles. The lowest BCUT2D eigenvalue weighted by molar-refractivity contribution is -0.114. The van der Waals surface area contributed by atoms with Crippen LogP contribution in [0, 0.1) is 11.3 Å². The second kappa shape index (κ2) is 9.05. The van der Waals surface area contributed by atoms with Crippen LogP contribution in [0.5, 0.6) is 0 Å². The van der Waals surface area contributed by atoms with E-state index < -0.39 is 0 Å². The van der Waals surface area contributed by atoms with E-state index >= 15 is 0 Å². The second-order valence-corrected chi connectivity index (χ2v) is 5.90. The van der Waals surface area contributed by atoms with Crippen LogP contribution in [-0.2, 0) is 11.3 Å². The highest BCUT2D eigenvalue weighted by atomic mass is 16.3. The molecule has 0 spiro atoms. The Labute approximate surface area is 162 Å². The number of rotatable bonds is 7. The third-order valence-corrected chi connectivity index (χ3v) is 3.91. The van der Waals surface area contributed by atoms with Gasteiger partial charge in [0.2, 0.25) is 5.91 Å². The Balaban J connectivity index is 1.57. The Bertz CT molecular complexity index is 989. The van der Waals surface area contributed by atoms with Gasteiger partial charge in [-0.25, -0.2) is 0 Å². The predicted octanol–water partition coefficient (Wildman–Crippen LogP) is 3.13. The largest absolute Gasteiger partial charge is 0.467 e. The van der Waals surface area contributed by atoms with Crippen LogP contribution >= 0.6 is 0 Å². The van der Waals surface area contributed by atoms with Crippen LogP contribution in [0.25, 0.3) is 0 Å². The molecule has 0 unspecified atom stereocenters. The van der Waals surface area contributed by atoms with Crippen molar-refractivity contribution in [3.8, 4) is 6.07 Å². The molecular formula is C21H18N4O3. The summed E-state index contributed by atoms with van der Waals surface area (Å²) < 4.78 is 5.20. The monoisotopic (exact) mass is 374 g/mol. The van der Waals surface area contributed by atoms with Gasteiger partial charge in [-0.3, -0.25) is 9.59 Å². The number of nitrogens with zero attached hydrogens (tertiary/aromatic N) is 1. The molecule has 7 heteroatoms. The molecule has 0 fully saturated rings. The number of nitrogens with one attached hydrogen (secondary N) is 3. The molecule has 3 N–H and O–H groups in total. The SMILES string of the molecule is N#Cc1ccc(NC(=O)CNc2ccccc2C(=O)NCc2ccco2)cc1. The van der Waals surface area contributed by atoms with Crippen LogP contribution in [-0.4, -0.2) is 18.4 Å². The van der Waals surface area contributed by atoms with Crippen LogP contribution in [0.3, 0.4) is 0 Å². The van der Waals surface area contributed by atoms with Gasteiger partial charge < -0.3 is 20.4 Å². The fraction of sp³-hybridized carbons (Fsp3) is 0.0952. The summed E-state index contributed by atoms with van der Waals surface area (Å²) in [7, 11) is 0. The average molecular weight is 374 g/mol. The van der Waals surface area contributed by atoms with Gasteiger partial charge in [0.05, 0.1) is 36.5 Å². The molecule has 0 bridgehead atoms. The molecule has 0 atom stereocenters. The van der Waals surface area contributed by atoms with E-state index in [9.17, 15) is 9.59 Å². The molecule has 3 aromatic rings. The summed E-state index contributed by atoms with van der Waals surface area (Å²) >= 11 is 0. The van der Waals surface area contributed by atoms with E-state index in [1.165, 1.54) is 0 Å². The van der Waals surface area contributed by atoms with Crippen molar-refractivity contribution in [1.29, 1.82) is 5.26 Å². The van der Waals surface area contributed by atoms with Crippen LogP contribution in [0.2, 0.25) is 0 Å². The zero-order valence-electron chi connectivity index (χ0n) is 14.9. The molecule has 1 aromatic heterocycles. The Hall–Kier alpha value is -4.05. The molecule has 140 valence electrons. The van der Waals surface area contributed by atoms with Gasteiger partial charge in [-0.1, -0.05) is 12.1 Å². The number of furan rings is 1. The summed E-state index contributed by atoms with van der Waals surface area (Å²) in [5.41, 5.74) is 2.09. The van der Waals surface area contributed by atoms with Crippen molar-refractivity contribution in [2.45, 2.75) is 6.54 Å². The first-order valence-corrected chi connectivity index (χ1v) is 8.59. The fourth-order valence-electron chi connectivity index (χ4n) is 2.52. The summed E-state index contributed by atoms with van der Waals surface area (Å²) in [5, 5.41) is 17.3. The number of hydrogen-bond acceptors (Lipinski definition) is 5. The van der Waals surface area contributed by atoms with Gasteiger partial charge in [0.1, 0.15) is 5.76 Å². The lowest BCUT2D eigenvalue weighted by Gasteiger charge is -2.12. The molecule has 0 aliphatic carbocycles. The van der Waals surface area contributed by atoms with Crippen molar-refractivity contribution in [2.75, 3.05) is 17.2 Å².